The van der Waals surface area contributed by atoms with Crippen molar-refractivity contribution in [3.05, 3.63) is 102 Å². The van der Waals surface area contributed by atoms with Gasteiger partial charge in [-0.3, -0.25) is 42.9 Å². The maximum atomic E-state index is 14.3. The summed E-state index contributed by atoms with van der Waals surface area (Å²) in [7, 11) is -4.53. The number of para-hydroxylation sites is 1. The number of carboxylic acids is 1. The highest BCUT2D eigenvalue weighted by atomic mass is 32.2. The van der Waals surface area contributed by atoms with Gasteiger partial charge >= 0.3 is 12.1 Å². The Morgan fingerprint density at radius 3 is 1.76 bits per heavy atom. The molecule has 0 saturated carbocycles. The van der Waals surface area contributed by atoms with Gasteiger partial charge in [-0.15, -0.1) is 0 Å². The van der Waals surface area contributed by atoms with E-state index >= 15 is 0 Å². The molecule has 1 heterocycles. The van der Waals surface area contributed by atoms with Gasteiger partial charge in [-0.05, 0) is 81.5 Å². The Kier molecular flexibility index (Phi) is 22.9. The zero-order valence-corrected chi connectivity index (χ0v) is 43.5. The molecule has 24 nitrogen and oxygen atoms in total. The van der Waals surface area contributed by atoms with Gasteiger partial charge in [0.25, 0.3) is 10.1 Å². The summed E-state index contributed by atoms with van der Waals surface area (Å²) in [5.74, 6) is -7.80. The van der Waals surface area contributed by atoms with Gasteiger partial charge in [0.2, 0.25) is 41.4 Å². The van der Waals surface area contributed by atoms with Crippen LogP contribution >= 0.6 is 0 Å². The summed E-state index contributed by atoms with van der Waals surface area (Å²) in [6, 6.07) is 12.1. The molecule has 4 aromatic rings. The van der Waals surface area contributed by atoms with Crippen molar-refractivity contribution in [3.63, 3.8) is 0 Å². The molecule has 412 valence electrons. The van der Waals surface area contributed by atoms with Crippen molar-refractivity contribution in [2.45, 2.75) is 132 Å². The third kappa shape index (κ3) is 20.1. The highest BCUT2D eigenvalue weighted by Crippen LogP contribution is 2.20. The number of fused-ring (bicyclic) bond motifs is 1. The summed E-state index contributed by atoms with van der Waals surface area (Å²) < 4.78 is 38.0. The number of aliphatic carboxylic acids is 1. The van der Waals surface area contributed by atoms with Crippen LogP contribution in [0.1, 0.15) is 82.9 Å². The fraction of sp³-hybridized carbons (Fsp3) is 0.431. The van der Waals surface area contributed by atoms with Gasteiger partial charge in [-0.1, -0.05) is 80.4 Å². The quantitative estimate of drug-likeness (QED) is 0.0334. The number of nitrogens with two attached hydrogens (primary N) is 2. The summed E-state index contributed by atoms with van der Waals surface area (Å²) >= 11 is 0. The van der Waals surface area contributed by atoms with Crippen LogP contribution in [-0.2, 0) is 72.5 Å². The Labute approximate surface area is 439 Å². The second-order valence-corrected chi connectivity index (χ2v) is 20.4. The first-order chi connectivity index (χ1) is 35.9. The average molecular weight is 1080 g/mol. The number of aromatic nitrogens is 1. The fourth-order valence-corrected chi connectivity index (χ4v) is 8.25. The number of unbranched alkanes of at least 4 members (excludes halogenated alkanes) is 1. The Morgan fingerprint density at radius 1 is 0.645 bits per heavy atom. The summed E-state index contributed by atoms with van der Waals surface area (Å²) in [5.41, 5.74) is 12.7. The zero-order valence-electron chi connectivity index (χ0n) is 42.7. The van der Waals surface area contributed by atoms with Crippen LogP contribution in [-0.4, -0.2) is 131 Å². The molecule has 0 saturated heterocycles. The molecule has 0 bridgehead atoms. The molecule has 0 fully saturated rings. The first kappa shape index (κ1) is 60.7. The van der Waals surface area contributed by atoms with Crippen molar-refractivity contribution in [3.8, 4) is 0 Å². The van der Waals surface area contributed by atoms with Gasteiger partial charge in [-0.2, -0.15) is 8.42 Å². The van der Waals surface area contributed by atoms with Crippen LogP contribution < -0.4 is 48.7 Å². The minimum atomic E-state index is -4.53. The molecule has 6 atom stereocenters. The predicted octanol–water partition coefficient (Wildman–Crippen LogP) is 0.765. The number of benzene rings is 3. The van der Waals surface area contributed by atoms with Gasteiger partial charge in [0.1, 0.15) is 41.9 Å². The molecule has 0 aliphatic rings. The van der Waals surface area contributed by atoms with Crippen LogP contribution in [0.25, 0.3) is 10.9 Å². The maximum Gasteiger partial charge on any atom is 0.408 e. The minimum Gasteiger partial charge on any atom is -0.481 e. The van der Waals surface area contributed by atoms with Gasteiger partial charge in [0, 0.05) is 36.4 Å². The number of rotatable bonds is 29. The van der Waals surface area contributed by atoms with E-state index in [1.165, 1.54) is 12.1 Å². The molecule has 6 unspecified atom stereocenters. The monoisotopic (exact) mass is 1080 g/mol. The smallest absolute Gasteiger partial charge is 0.408 e. The van der Waals surface area contributed by atoms with Gasteiger partial charge in [0.05, 0.1) is 17.9 Å². The number of nitrogens with one attached hydrogen (secondary N) is 8. The number of carboxylic acid groups (broad SMARTS) is 1. The molecule has 25 heteroatoms. The van der Waals surface area contributed by atoms with Crippen molar-refractivity contribution in [1.29, 1.82) is 0 Å². The predicted molar refractivity (Wildman–Crippen MR) is 277 cm³/mol. The van der Waals surface area contributed by atoms with E-state index in [9.17, 15) is 61.2 Å². The van der Waals surface area contributed by atoms with E-state index in [1.54, 1.807) is 81.6 Å². The van der Waals surface area contributed by atoms with Gasteiger partial charge in [0.15, 0.2) is 0 Å². The highest BCUT2D eigenvalue weighted by molar-refractivity contribution is 7.85. The van der Waals surface area contributed by atoms with E-state index in [2.05, 4.69) is 42.2 Å². The molecule has 4 rings (SSSR count). The van der Waals surface area contributed by atoms with Crippen LogP contribution in [0.4, 0.5) is 4.79 Å². The molecule has 0 aliphatic heterocycles. The summed E-state index contributed by atoms with van der Waals surface area (Å²) in [4.78, 5) is 123. The van der Waals surface area contributed by atoms with Gasteiger partial charge < -0.3 is 63.5 Å². The second kappa shape index (κ2) is 28.7. The average Bonchev–Trinajstić information content (AvgIpc) is 3.76. The lowest BCUT2D eigenvalue weighted by Crippen LogP contribution is -2.59. The number of aromatic amines is 1. The molecule has 1 aromatic heterocycles. The number of ether oxygens (including phenoxy) is 1. The van der Waals surface area contributed by atoms with E-state index in [0.717, 1.165) is 12.1 Å². The lowest BCUT2D eigenvalue weighted by atomic mass is 10.0. The standard InChI is InChI=1S/C51H68N10O14S/c1-5-6-16-36(57-47(68)39(61-50(71)75-51(2,3)4)25-31-19-21-33(22-20-31)76(72,73)74)45(66)55-29-42(62)56-40(26-32-28-54-35-17-11-10-15-34(32)35)48(69)58-37(18-12-23-52)46(67)60-41(27-43(63)64)49(70)59-38(44(53)65)24-30-13-8-7-9-14-30/h7-11,13-15,17,19-22,28,36-41,54H,5-6,12,16,18,23-27,29,52H2,1-4H3,(H2,53,65)(H,55,66)(H,56,62)(H,57,68)(H,58,69)(H,59,70)(H,60,67)(H,61,71)(H,63,64)(H,72,73,74). The normalized spacial score (nSPS) is 13.8. The SMILES string of the molecule is CCCCC(NC(=O)C(Cc1ccc(S(=O)(=O)O)cc1)NC(=O)OC(C)(C)C)C(=O)NCC(=O)NC(Cc1c[nH]c2ccccc12)C(=O)NC(CCCN)C(=O)NC(CC(=O)O)C(=O)NC(Cc1ccccc1)C(N)=O. The number of carbonyl (C=O) groups excluding carboxylic acids is 8. The lowest BCUT2D eigenvalue weighted by Gasteiger charge is -2.26. The number of primary amides is 1. The first-order valence-electron chi connectivity index (χ1n) is 24.5. The minimum absolute atomic E-state index is 0.0350. The third-order valence-electron chi connectivity index (χ3n) is 11.6. The van der Waals surface area contributed by atoms with Crippen molar-refractivity contribution in [2.75, 3.05) is 13.1 Å². The molecule has 76 heavy (non-hydrogen) atoms. The molecule has 0 aliphatic carbocycles. The topological polar surface area (TPSA) is 389 Å². The van der Waals surface area contributed by atoms with Crippen molar-refractivity contribution < 1.29 is 66.0 Å². The number of alkyl carbamates (subject to hydrolysis) is 1. The maximum absolute atomic E-state index is 14.3. The zero-order chi connectivity index (χ0) is 56.2. The summed E-state index contributed by atoms with van der Waals surface area (Å²) in [5, 5.41) is 28.0. The molecule has 0 spiro atoms. The van der Waals surface area contributed by atoms with E-state index in [1.807, 2.05) is 6.92 Å². The van der Waals surface area contributed by atoms with Gasteiger partial charge in [-0.25, -0.2) is 4.79 Å². The number of hydrogen-bond donors (Lipinski definition) is 12. The number of carbonyl (C=O) groups is 9. The molecule has 0 radical (unpaired) electrons. The van der Waals surface area contributed by atoms with Crippen molar-refractivity contribution >= 4 is 74.4 Å². The highest BCUT2D eigenvalue weighted by Gasteiger charge is 2.34. The number of hydrogen-bond acceptors (Lipinski definition) is 13. The van der Waals surface area contributed by atoms with Crippen molar-refractivity contribution in [2.24, 2.45) is 11.5 Å². The Hall–Kier alpha value is -7.90. The van der Waals surface area contributed by atoms with Crippen LogP contribution in [0.15, 0.2) is 90.0 Å². The molecular formula is C51H68N10O14S. The summed E-state index contributed by atoms with van der Waals surface area (Å²) in [6.07, 6.45) is 0.524. The molecule has 3 aromatic carbocycles. The third-order valence-corrected chi connectivity index (χ3v) is 12.5. The molecule has 8 amide bonds. The molecule has 14 N–H and O–H groups in total. The fourth-order valence-electron chi connectivity index (χ4n) is 7.77. The second-order valence-electron chi connectivity index (χ2n) is 18.9. The van der Waals surface area contributed by atoms with Crippen LogP contribution in [0, 0.1) is 0 Å². The van der Waals surface area contributed by atoms with Crippen LogP contribution in [0.5, 0.6) is 0 Å². The summed E-state index contributed by atoms with van der Waals surface area (Å²) in [6.45, 7) is 6.01. The number of amides is 8. The van der Waals surface area contributed by atoms with E-state index < -0.39 is 123 Å². The number of H-pyrrole nitrogens is 1. The Bertz CT molecular complexity index is 2780. The van der Waals surface area contributed by atoms with E-state index in [-0.39, 0.29) is 45.1 Å². The van der Waals surface area contributed by atoms with Crippen molar-refractivity contribution in [1.82, 2.24) is 42.2 Å². The van der Waals surface area contributed by atoms with Crippen LogP contribution in [0.3, 0.4) is 0 Å². The first-order valence-corrected chi connectivity index (χ1v) is 26.0. The lowest BCUT2D eigenvalue weighted by molar-refractivity contribution is -0.141. The molecular weight excluding hydrogens is 1010 g/mol. The largest absolute Gasteiger partial charge is 0.481 e. The van der Waals surface area contributed by atoms with E-state index in [0.29, 0.717) is 40.4 Å². The van der Waals surface area contributed by atoms with E-state index in [4.69, 9.17) is 16.2 Å². The van der Waals surface area contributed by atoms with Crippen LogP contribution in [0.2, 0.25) is 0 Å². The Morgan fingerprint density at radius 2 is 1.17 bits per heavy atom. The Balaban J connectivity index is 1.54.